The number of nitrogens with one attached hydrogen (secondary N) is 1. The Hall–Kier alpha value is -1.84. The van der Waals surface area contributed by atoms with E-state index >= 15 is 0 Å². The molecule has 0 aliphatic carbocycles. The number of amides is 1. The molecule has 1 aliphatic rings. The van der Waals surface area contributed by atoms with Gasteiger partial charge in [-0.3, -0.25) is 0 Å². The van der Waals surface area contributed by atoms with Gasteiger partial charge in [0.2, 0.25) is 10.0 Å². The molecule has 0 spiro atoms. The smallest absolute Gasteiger partial charge is 0.409 e. The molecule has 1 aromatic rings. The molecule has 1 saturated heterocycles. The molecule has 0 bridgehead atoms. The first-order valence-corrected chi connectivity index (χ1v) is 8.11. The van der Waals surface area contributed by atoms with Crippen LogP contribution in [-0.4, -0.2) is 56.7 Å². The van der Waals surface area contributed by atoms with Crippen molar-refractivity contribution < 1.29 is 27.9 Å². The molecule has 2 N–H and O–H groups in total. The highest BCUT2D eigenvalue weighted by atomic mass is 35.5. The van der Waals surface area contributed by atoms with Gasteiger partial charge in [-0.15, -0.1) is 0 Å². The van der Waals surface area contributed by atoms with Gasteiger partial charge in [-0.25, -0.2) is 22.7 Å². The van der Waals surface area contributed by atoms with Crippen LogP contribution in [0.3, 0.4) is 0 Å². The zero-order valence-electron chi connectivity index (χ0n) is 11.3. The van der Waals surface area contributed by atoms with E-state index < -0.39 is 22.1 Å². The van der Waals surface area contributed by atoms with Crippen molar-refractivity contribution in [1.82, 2.24) is 9.62 Å². The van der Waals surface area contributed by atoms with Gasteiger partial charge < -0.3 is 14.7 Å². The quantitative estimate of drug-likeness (QED) is 0.785. The summed E-state index contributed by atoms with van der Waals surface area (Å²) < 4.78 is 31.3. The molecule has 10 heteroatoms. The number of benzene rings is 1. The van der Waals surface area contributed by atoms with Crippen molar-refractivity contribution in [3.05, 3.63) is 28.8 Å². The molecule has 0 aromatic heterocycles. The highest BCUT2D eigenvalue weighted by Crippen LogP contribution is 2.22. The van der Waals surface area contributed by atoms with Gasteiger partial charge in [-0.2, -0.15) is 0 Å². The monoisotopic (exact) mass is 348 g/mol. The molecule has 1 aliphatic heterocycles. The molecule has 1 heterocycles. The van der Waals surface area contributed by atoms with Crippen molar-refractivity contribution in [2.45, 2.75) is 4.90 Å². The van der Waals surface area contributed by atoms with Gasteiger partial charge in [0.25, 0.3) is 0 Å². The lowest BCUT2D eigenvalue weighted by Crippen LogP contribution is -2.35. The Balaban J connectivity index is 2.08. The van der Waals surface area contributed by atoms with Gasteiger partial charge in [0.15, 0.2) is 0 Å². The minimum absolute atomic E-state index is 0.0366. The third-order valence-corrected chi connectivity index (χ3v) is 4.93. The SMILES string of the molecule is O=C(O)c1ccc(Cl)c(S(=O)(=O)NCCN2CCOC2=O)c1. The van der Waals surface area contributed by atoms with Crippen LogP contribution < -0.4 is 4.72 Å². The Morgan fingerprint density at radius 2 is 2.18 bits per heavy atom. The molecule has 2 rings (SSSR count). The van der Waals surface area contributed by atoms with Crippen molar-refractivity contribution in [1.29, 1.82) is 0 Å². The minimum Gasteiger partial charge on any atom is -0.478 e. The molecule has 8 nitrogen and oxygen atoms in total. The van der Waals surface area contributed by atoms with E-state index in [2.05, 4.69) is 4.72 Å². The van der Waals surface area contributed by atoms with Gasteiger partial charge in [0.1, 0.15) is 11.5 Å². The maximum Gasteiger partial charge on any atom is 0.409 e. The molecular formula is C12H13ClN2O6S. The molecule has 0 unspecified atom stereocenters. The van der Waals surface area contributed by atoms with E-state index in [4.69, 9.17) is 21.4 Å². The fourth-order valence-electron chi connectivity index (χ4n) is 1.86. The number of halogens is 1. The number of nitrogens with zero attached hydrogens (tertiary/aromatic N) is 1. The summed E-state index contributed by atoms with van der Waals surface area (Å²) in [5.41, 5.74) is -0.187. The standard InChI is InChI=1S/C12H13ClN2O6S/c13-9-2-1-8(11(16)17)7-10(9)22(19,20)14-3-4-15-5-6-21-12(15)18/h1-2,7,14H,3-6H2,(H,16,17). The van der Waals surface area contributed by atoms with Crippen LogP contribution in [0.25, 0.3) is 0 Å². The summed E-state index contributed by atoms with van der Waals surface area (Å²) in [5.74, 6) is -1.26. The number of carbonyl (C=O) groups is 2. The van der Waals surface area contributed by atoms with Crippen LogP contribution in [0.5, 0.6) is 0 Å². The lowest BCUT2D eigenvalue weighted by Gasteiger charge is -2.13. The number of cyclic esters (lactones) is 1. The van der Waals surface area contributed by atoms with E-state index in [0.717, 1.165) is 6.07 Å². The molecule has 0 saturated carbocycles. The van der Waals surface area contributed by atoms with Crippen molar-refractivity contribution >= 4 is 33.7 Å². The molecule has 1 amide bonds. The van der Waals surface area contributed by atoms with Crippen LogP contribution >= 0.6 is 11.6 Å². The maximum absolute atomic E-state index is 12.2. The maximum atomic E-state index is 12.2. The largest absolute Gasteiger partial charge is 0.478 e. The molecule has 1 aromatic carbocycles. The van der Waals surface area contributed by atoms with Crippen LogP contribution in [0.4, 0.5) is 4.79 Å². The van der Waals surface area contributed by atoms with E-state index in [1.54, 1.807) is 0 Å². The second-order valence-electron chi connectivity index (χ2n) is 4.45. The summed E-state index contributed by atoms with van der Waals surface area (Å²) in [6, 6.07) is 3.40. The van der Waals surface area contributed by atoms with Crippen molar-refractivity contribution in [2.24, 2.45) is 0 Å². The minimum atomic E-state index is -3.98. The summed E-state index contributed by atoms with van der Waals surface area (Å²) in [6.07, 6.45) is -0.495. The third kappa shape index (κ3) is 3.67. The normalized spacial score (nSPS) is 15.0. The summed E-state index contributed by atoms with van der Waals surface area (Å²) >= 11 is 5.82. The Morgan fingerprint density at radius 3 is 2.77 bits per heavy atom. The highest BCUT2D eigenvalue weighted by Gasteiger charge is 2.23. The summed E-state index contributed by atoms with van der Waals surface area (Å²) in [4.78, 5) is 23.2. The van der Waals surface area contributed by atoms with Gasteiger partial charge in [-0.05, 0) is 18.2 Å². The topological polar surface area (TPSA) is 113 Å². The molecular weight excluding hydrogens is 336 g/mol. The average molecular weight is 349 g/mol. The van der Waals surface area contributed by atoms with E-state index in [9.17, 15) is 18.0 Å². The number of carboxylic acids is 1. The van der Waals surface area contributed by atoms with E-state index in [1.807, 2.05) is 0 Å². The molecule has 22 heavy (non-hydrogen) atoms. The molecule has 0 radical (unpaired) electrons. The van der Waals surface area contributed by atoms with E-state index in [0.29, 0.717) is 6.54 Å². The molecule has 120 valence electrons. The summed E-state index contributed by atoms with van der Waals surface area (Å²) in [7, 11) is -3.98. The number of hydrogen-bond acceptors (Lipinski definition) is 5. The van der Waals surface area contributed by atoms with Gasteiger partial charge >= 0.3 is 12.1 Å². The predicted molar refractivity (Wildman–Crippen MR) is 76.5 cm³/mol. The first-order valence-electron chi connectivity index (χ1n) is 6.25. The van der Waals surface area contributed by atoms with Crippen molar-refractivity contribution in [3.8, 4) is 0 Å². The Bertz CT molecular complexity index is 706. The second-order valence-corrected chi connectivity index (χ2v) is 6.59. The molecule has 1 fully saturated rings. The van der Waals surface area contributed by atoms with Crippen LogP contribution in [0.15, 0.2) is 23.1 Å². The lowest BCUT2D eigenvalue weighted by molar-refractivity contribution is 0.0696. The Kier molecular flexibility index (Phi) is 4.89. The zero-order chi connectivity index (χ0) is 16.3. The lowest BCUT2D eigenvalue weighted by atomic mass is 10.2. The summed E-state index contributed by atoms with van der Waals surface area (Å²) in [5, 5.41) is 8.81. The second kappa shape index (κ2) is 6.51. The van der Waals surface area contributed by atoms with Gasteiger partial charge in [0, 0.05) is 13.1 Å². The average Bonchev–Trinajstić information content (AvgIpc) is 2.84. The van der Waals surface area contributed by atoms with Crippen LogP contribution in [0.2, 0.25) is 5.02 Å². The fourth-order valence-corrected chi connectivity index (χ4v) is 3.41. The number of hydrogen-bond donors (Lipinski definition) is 2. The zero-order valence-corrected chi connectivity index (χ0v) is 12.9. The van der Waals surface area contributed by atoms with Gasteiger partial charge in [-0.1, -0.05) is 11.6 Å². The number of ether oxygens (including phenoxy) is 1. The van der Waals surface area contributed by atoms with Crippen LogP contribution in [0, 0.1) is 0 Å². The predicted octanol–water partition coefficient (Wildman–Crippen LogP) is 0.769. The third-order valence-electron chi connectivity index (χ3n) is 2.99. The van der Waals surface area contributed by atoms with Crippen LogP contribution in [0.1, 0.15) is 10.4 Å². The number of carbonyl (C=O) groups excluding carboxylic acids is 1. The van der Waals surface area contributed by atoms with Crippen LogP contribution in [-0.2, 0) is 14.8 Å². The van der Waals surface area contributed by atoms with Crippen molar-refractivity contribution in [2.75, 3.05) is 26.2 Å². The number of rotatable bonds is 6. The van der Waals surface area contributed by atoms with E-state index in [1.165, 1.54) is 17.0 Å². The Labute approximate surface area is 131 Å². The number of sulfonamides is 1. The van der Waals surface area contributed by atoms with E-state index in [-0.39, 0.29) is 35.2 Å². The number of carboxylic acid groups (broad SMARTS) is 1. The summed E-state index contributed by atoms with van der Waals surface area (Å²) in [6.45, 7) is 0.785. The highest BCUT2D eigenvalue weighted by molar-refractivity contribution is 7.89. The first kappa shape index (κ1) is 16.5. The van der Waals surface area contributed by atoms with Crippen molar-refractivity contribution in [3.63, 3.8) is 0 Å². The molecule has 0 atom stereocenters. The first-order chi connectivity index (χ1) is 10.3. The number of aromatic carboxylic acids is 1. The van der Waals surface area contributed by atoms with Gasteiger partial charge in [0.05, 0.1) is 17.1 Å². The Morgan fingerprint density at radius 1 is 1.45 bits per heavy atom. The fraction of sp³-hybridized carbons (Fsp3) is 0.333.